The largest absolute Gasteiger partial charge is 0.478 e. The second kappa shape index (κ2) is 5.21. The Hall–Kier alpha value is -2.83. The van der Waals surface area contributed by atoms with E-state index in [4.69, 9.17) is 5.11 Å². The topological polar surface area (TPSA) is 105 Å². The molecule has 0 aromatic carbocycles. The number of carbonyl (C=O) groups excluding carboxylic acids is 1. The minimum atomic E-state index is -1.08. The van der Waals surface area contributed by atoms with Gasteiger partial charge in [-0.05, 0) is 19.1 Å². The molecule has 19 heavy (non-hydrogen) atoms. The fourth-order valence-electron chi connectivity index (χ4n) is 1.46. The molecule has 7 heteroatoms. The van der Waals surface area contributed by atoms with Gasteiger partial charge in [-0.25, -0.2) is 14.8 Å². The Balaban J connectivity index is 2.21. The number of anilines is 1. The van der Waals surface area contributed by atoms with E-state index in [0.717, 1.165) is 0 Å². The van der Waals surface area contributed by atoms with Gasteiger partial charge in [-0.1, -0.05) is 0 Å². The summed E-state index contributed by atoms with van der Waals surface area (Å²) >= 11 is 0. The Morgan fingerprint density at radius 1 is 1.26 bits per heavy atom. The van der Waals surface area contributed by atoms with E-state index in [0.29, 0.717) is 5.82 Å². The molecule has 0 bridgehead atoms. The van der Waals surface area contributed by atoms with Crippen LogP contribution in [0.3, 0.4) is 0 Å². The minimum Gasteiger partial charge on any atom is -0.478 e. The van der Waals surface area contributed by atoms with Gasteiger partial charge in [0.1, 0.15) is 5.69 Å². The Kier molecular flexibility index (Phi) is 3.46. The number of carboxylic acids is 1. The summed E-state index contributed by atoms with van der Waals surface area (Å²) in [5.41, 5.74) is 0.462. The lowest BCUT2D eigenvalue weighted by atomic mass is 10.2. The van der Waals surface area contributed by atoms with Gasteiger partial charge in [0.2, 0.25) is 0 Å². The number of carbonyl (C=O) groups is 2. The van der Waals surface area contributed by atoms with Crippen molar-refractivity contribution in [3.63, 3.8) is 0 Å². The van der Waals surface area contributed by atoms with Crippen LogP contribution in [0.25, 0.3) is 0 Å². The SMILES string of the molecule is Cc1nc(C(=O)Nc2cnccn2)ccc1C(=O)O. The highest BCUT2D eigenvalue weighted by Crippen LogP contribution is 2.08. The maximum Gasteiger partial charge on any atom is 0.337 e. The molecule has 2 N–H and O–H groups in total. The highest BCUT2D eigenvalue weighted by atomic mass is 16.4. The van der Waals surface area contributed by atoms with Crippen molar-refractivity contribution >= 4 is 17.7 Å². The van der Waals surface area contributed by atoms with E-state index in [-0.39, 0.29) is 17.0 Å². The van der Waals surface area contributed by atoms with Crippen molar-refractivity contribution in [2.45, 2.75) is 6.92 Å². The number of aromatic nitrogens is 3. The predicted molar refractivity (Wildman–Crippen MR) is 65.9 cm³/mol. The molecule has 0 saturated carbocycles. The van der Waals surface area contributed by atoms with Crippen molar-refractivity contribution in [1.82, 2.24) is 15.0 Å². The molecule has 1 amide bonds. The maximum atomic E-state index is 11.9. The lowest BCUT2D eigenvalue weighted by molar-refractivity contribution is 0.0695. The van der Waals surface area contributed by atoms with Gasteiger partial charge in [0.25, 0.3) is 5.91 Å². The molecule has 7 nitrogen and oxygen atoms in total. The van der Waals surface area contributed by atoms with E-state index in [2.05, 4.69) is 20.3 Å². The summed E-state index contributed by atoms with van der Waals surface area (Å²) in [7, 11) is 0. The third kappa shape index (κ3) is 2.89. The van der Waals surface area contributed by atoms with Crippen LogP contribution >= 0.6 is 0 Å². The first kappa shape index (κ1) is 12.6. The van der Waals surface area contributed by atoms with E-state index in [1.54, 1.807) is 0 Å². The molecular weight excluding hydrogens is 248 g/mol. The number of hydrogen-bond donors (Lipinski definition) is 2. The van der Waals surface area contributed by atoms with Crippen LogP contribution in [0.1, 0.15) is 26.5 Å². The standard InChI is InChI=1S/C12H10N4O3/c1-7-8(12(18)19)2-3-9(15-7)11(17)16-10-6-13-4-5-14-10/h2-6H,1H3,(H,18,19)(H,14,16,17). The highest BCUT2D eigenvalue weighted by Gasteiger charge is 2.13. The molecule has 0 unspecified atom stereocenters. The van der Waals surface area contributed by atoms with Crippen molar-refractivity contribution in [1.29, 1.82) is 0 Å². The zero-order valence-electron chi connectivity index (χ0n) is 9.99. The molecule has 2 heterocycles. The molecule has 0 saturated heterocycles. The van der Waals surface area contributed by atoms with E-state index in [1.807, 2.05) is 0 Å². The molecule has 0 fully saturated rings. The Morgan fingerprint density at radius 3 is 2.63 bits per heavy atom. The first-order valence-corrected chi connectivity index (χ1v) is 5.36. The number of rotatable bonds is 3. The fourth-order valence-corrected chi connectivity index (χ4v) is 1.46. The third-order valence-electron chi connectivity index (χ3n) is 2.35. The zero-order valence-corrected chi connectivity index (χ0v) is 9.99. The number of hydrogen-bond acceptors (Lipinski definition) is 5. The zero-order chi connectivity index (χ0) is 13.8. The van der Waals surface area contributed by atoms with Crippen molar-refractivity contribution in [2.75, 3.05) is 5.32 Å². The number of carboxylic acid groups (broad SMARTS) is 1. The summed E-state index contributed by atoms with van der Waals surface area (Å²) in [6.07, 6.45) is 4.33. The molecule has 2 rings (SSSR count). The van der Waals surface area contributed by atoms with Gasteiger partial charge in [0.05, 0.1) is 17.5 Å². The smallest absolute Gasteiger partial charge is 0.337 e. The van der Waals surface area contributed by atoms with Gasteiger partial charge >= 0.3 is 5.97 Å². The molecule has 0 atom stereocenters. The van der Waals surface area contributed by atoms with Crippen molar-refractivity contribution in [3.05, 3.63) is 47.7 Å². The maximum absolute atomic E-state index is 11.9. The average molecular weight is 258 g/mol. The molecule has 0 radical (unpaired) electrons. The third-order valence-corrected chi connectivity index (χ3v) is 2.35. The minimum absolute atomic E-state index is 0.0658. The fraction of sp³-hybridized carbons (Fsp3) is 0.0833. The lowest BCUT2D eigenvalue weighted by Gasteiger charge is -2.05. The Labute approximate surface area is 108 Å². The first-order chi connectivity index (χ1) is 9.08. The number of nitrogens with one attached hydrogen (secondary N) is 1. The summed E-state index contributed by atoms with van der Waals surface area (Å²) in [5.74, 6) is -1.25. The van der Waals surface area contributed by atoms with E-state index in [9.17, 15) is 9.59 Å². The molecule has 2 aromatic rings. The summed E-state index contributed by atoms with van der Waals surface area (Å²) in [6, 6.07) is 2.69. The molecule has 0 aliphatic rings. The van der Waals surface area contributed by atoms with Crippen LogP contribution in [0.5, 0.6) is 0 Å². The molecule has 0 aliphatic heterocycles. The number of aryl methyl sites for hydroxylation is 1. The lowest BCUT2D eigenvalue weighted by Crippen LogP contribution is -2.16. The molecule has 2 aromatic heterocycles. The van der Waals surface area contributed by atoms with Crippen molar-refractivity contribution in [3.8, 4) is 0 Å². The van der Waals surface area contributed by atoms with Crippen LogP contribution in [0.15, 0.2) is 30.7 Å². The molecular formula is C12H10N4O3. The Morgan fingerprint density at radius 2 is 2.05 bits per heavy atom. The van der Waals surface area contributed by atoms with Gasteiger partial charge in [-0.2, -0.15) is 0 Å². The Bertz CT molecular complexity index is 628. The number of amides is 1. The van der Waals surface area contributed by atoms with Gasteiger partial charge in [0, 0.05) is 12.4 Å². The van der Waals surface area contributed by atoms with Crippen LogP contribution in [0.4, 0.5) is 5.82 Å². The van der Waals surface area contributed by atoms with E-state index >= 15 is 0 Å². The predicted octanol–water partition coefficient (Wildman–Crippen LogP) is 1.13. The quantitative estimate of drug-likeness (QED) is 0.854. The number of aromatic carboxylic acids is 1. The van der Waals surface area contributed by atoms with Crippen molar-refractivity contribution in [2.24, 2.45) is 0 Å². The van der Waals surface area contributed by atoms with E-state index < -0.39 is 11.9 Å². The molecule has 0 aliphatic carbocycles. The highest BCUT2D eigenvalue weighted by molar-refractivity contribution is 6.02. The molecule has 0 spiro atoms. The van der Waals surface area contributed by atoms with Gasteiger partial charge in [-0.3, -0.25) is 9.78 Å². The van der Waals surface area contributed by atoms with Crippen molar-refractivity contribution < 1.29 is 14.7 Å². The number of pyridine rings is 1. The second-order valence-electron chi connectivity index (χ2n) is 3.68. The average Bonchev–Trinajstić information content (AvgIpc) is 2.39. The number of nitrogens with zero attached hydrogens (tertiary/aromatic N) is 3. The van der Waals surface area contributed by atoms with Crippen LogP contribution in [-0.4, -0.2) is 31.9 Å². The summed E-state index contributed by atoms with van der Waals surface area (Å²) < 4.78 is 0. The van der Waals surface area contributed by atoms with Gasteiger partial charge < -0.3 is 10.4 Å². The second-order valence-corrected chi connectivity index (χ2v) is 3.68. The van der Waals surface area contributed by atoms with E-state index in [1.165, 1.54) is 37.6 Å². The summed E-state index contributed by atoms with van der Waals surface area (Å²) in [4.78, 5) is 34.4. The first-order valence-electron chi connectivity index (χ1n) is 5.36. The summed E-state index contributed by atoms with van der Waals surface area (Å²) in [6.45, 7) is 1.53. The van der Waals surface area contributed by atoms with Crippen LogP contribution in [-0.2, 0) is 0 Å². The van der Waals surface area contributed by atoms with Gasteiger partial charge in [-0.15, -0.1) is 0 Å². The van der Waals surface area contributed by atoms with Crippen LogP contribution in [0.2, 0.25) is 0 Å². The van der Waals surface area contributed by atoms with Crippen LogP contribution in [0, 0.1) is 6.92 Å². The van der Waals surface area contributed by atoms with Crippen LogP contribution < -0.4 is 5.32 Å². The monoisotopic (exact) mass is 258 g/mol. The summed E-state index contributed by atoms with van der Waals surface area (Å²) in [5, 5.41) is 11.4. The normalized spacial score (nSPS) is 9.95. The molecule has 96 valence electrons. The van der Waals surface area contributed by atoms with Gasteiger partial charge in [0.15, 0.2) is 5.82 Å².